The summed E-state index contributed by atoms with van der Waals surface area (Å²) in [7, 11) is 0. The third kappa shape index (κ3) is 2.40. The lowest BCUT2D eigenvalue weighted by atomic mass is 9.81. The standard InChI is InChI=1S/C15H22O6/c1-5-19-12(17)15(13(18)20-6-2)7-9-10(8-15)14(3,4)21-11(9)16/h9-10H,5-8H2,1-4H3/t9-,10+/m0/s1. The number of carbonyl (C=O) groups is 3. The van der Waals surface area contributed by atoms with E-state index in [4.69, 9.17) is 14.2 Å². The van der Waals surface area contributed by atoms with Crippen molar-refractivity contribution in [3.05, 3.63) is 0 Å². The molecule has 0 N–H and O–H groups in total. The van der Waals surface area contributed by atoms with E-state index in [-0.39, 0.29) is 37.9 Å². The molecule has 1 heterocycles. The number of ether oxygens (including phenoxy) is 3. The van der Waals surface area contributed by atoms with Crippen LogP contribution in [0.4, 0.5) is 0 Å². The molecular formula is C15H22O6. The number of fused-ring (bicyclic) bond motifs is 1. The van der Waals surface area contributed by atoms with Crippen LogP contribution in [0.25, 0.3) is 0 Å². The highest BCUT2D eigenvalue weighted by Gasteiger charge is 2.66. The Hall–Kier alpha value is -1.59. The van der Waals surface area contributed by atoms with Crippen molar-refractivity contribution in [1.82, 2.24) is 0 Å². The van der Waals surface area contributed by atoms with Gasteiger partial charge in [0.05, 0.1) is 19.1 Å². The van der Waals surface area contributed by atoms with Crippen molar-refractivity contribution < 1.29 is 28.6 Å². The van der Waals surface area contributed by atoms with Gasteiger partial charge < -0.3 is 14.2 Å². The molecular weight excluding hydrogens is 276 g/mol. The zero-order valence-electron chi connectivity index (χ0n) is 12.9. The fraction of sp³-hybridized carbons (Fsp3) is 0.800. The van der Waals surface area contributed by atoms with Gasteiger partial charge in [0.2, 0.25) is 0 Å². The molecule has 1 saturated heterocycles. The maximum Gasteiger partial charge on any atom is 0.323 e. The summed E-state index contributed by atoms with van der Waals surface area (Å²) in [6.07, 6.45) is 0.339. The van der Waals surface area contributed by atoms with Gasteiger partial charge in [0.15, 0.2) is 5.41 Å². The summed E-state index contributed by atoms with van der Waals surface area (Å²) < 4.78 is 15.5. The molecule has 6 nitrogen and oxygen atoms in total. The third-order valence-electron chi connectivity index (χ3n) is 4.51. The average Bonchev–Trinajstić information content (AvgIpc) is 2.89. The first kappa shape index (κ1) is 15.8. The van der Waals surface area contributed by atoms with Gasteiger partial charge in [0.25, 0.3) is 0 Å². The lowest BCUT2D eigenvalue weighted by Gasteiger charge is -2.29. The molecule has 0 bridgehead atoms. The Labute approximate surface area is 124 Å². The zero-order valence-corrected chi connectivity index (χ0v) is 12.9. The van der Waals surface area contributed by atoms with Gasteiger partial charge in [-0.25, -0.2) is 0 Å². The summed E-state index contributed by atoms with van der Waals surface area (Å²) >= 11 is 0. The van der Waals surface area contributed by atoms with Gasteiger partial charge in [0, 0.05) is 5.92 Å². The van der Waals surface area contributed by atoms with Crippen LogP contribution in [0, 0.1) is 17.3 Å². The highest BCUT2D eigenvalue weighted by atomic mass is 16.6. The molecule has 0 aromatic heterocycles. The largest absolute Gasteiger partial charge is 0.465 e. The van der Waals surface area contributed by atoms with Gasteiger partial charge in [0.1, 0.15) is 5.60 Å². The van der Waals surface area contributed by atoms with Gasteiger partial charge >= 0.3 is 17.9 Å². The molecule has 0 spiro atoms. The lowest BCUT2D eigenvalue weighted by Crippen LogP contribution is -2.42. The maximum atomic E-state index is 12.4. The fourth-order valence-corrected chi connectivity index (χ4v) is 3.46. The first-order valence-corrected chi connectivity index (χ1v) is 7.35. The van der Waals surface area contributed by atoms with Crippen molar-refractivity contribution in [3.8, 4) is 0 Å². The molecule has 2 aliphatic rings. The summed E-state index contributed by atoms with van der Waals surface area (Å²) in [5, 5.41) is 0. The number of cyclic esters (lactones) is 1. The number of hydrogen-bond acceptors (Lipinski definition) is 6. The molecule has 118 valence electrons. The van der Waals surface area contributed by atoms with Crippen molar-refractivity contribution in [2.45, 2.75) is 46.1 Å². The first-order chi connectivity index (χ1) is 9.78. The minimum absolute atomic E-state index is 0.109. The fourth-order valence-electron chi connectivity index (χ4n) is 3.46. The van der Waals surface area contributed by atoms with Crippen molar-refractivity contribution in [3.63, 3.8) is 0 Å². The van der Waals surface area contributed by atoms with Gasteiger partial charge in [-0.3, -0.25) is 14.4 Å². The highest BCUT2D eigenvalue weighted by molar-refractivity contribution is 6.01. The first-order valence-electron chi connectivity index (χ1n) is 7.35. The third-order valence-corrected chi connectivity index (χ3v) is 4.51. The van der Waals surface area contributed by atoms with Crippen LogP contribution in [0.3, 0.4) is 0 Å². The molecule has 6 heteroatoms. The molecule has 0 amide bonds. The Kier molecular flexibility index (Phi) is 4.00. The quantitative estimate of drug-likeness (QED) is 0.444. The maximum absolute atomic E-state index is 12.4. The van der Waals surface area contributed by atoms with Crippen LogP contribution >= 0.6 is 0 Å². The molecule has 2 rings (SSSR count). The second-order valence-electron chi connectivity index (χ2n) is 6.17. The Bertz CT molecular complexity index is 449. The van der Waals surface area contributed by atoms with Gasteiger partial charge in [-0.2, -0.15) is 0 Å². The second kappa shape index (κ2) is 5.31. The van der Waals surface area contributed by atoms with Crippen LogP contribution in [0.15, 0.2) is 0 Å². The van der Waals surface area contributed by atoms with E-state index in [0.717, 1.165) is 0 Å². The lowest BCUT2D eigenvalue weighted by molar-refractivity contribution is -0.173. The smallest absolute Gasteiger partial charge is 0.323 e. The molecule has 0 radical (unpaired) electrons. The van der Waals surface area contributed by atoms with Crippen LogP contribution < -0.4 is 0 Å². The minimum Gasteiger partial charge on any atom is -0.465 e. The number of hydrogen-bond donors (Lipinski definition) is 0. The van der Waals surface area contributed by atoms with Crippen molar-refractivity contribution >= 4 is 17.9 Å². The molecule has 2 atom stereocenters. The number of rotatable bonds is 4. The van der Waals surface area contributed by atoms with Gasteiger partial charge in [-0.15, -0.1) is 0 Å². The Balaban J connectivity index is 2.34. The molecule has 1 saturated carbocycles. The Morgan fingerprint density at radius 3 is 2.10 bits per heavy atom. The number of esters is 3. The summed E-state index contributed by atoms with van der Waals surface area (Å²) in [4.78, 5) is 36.7. The van der Waals surface area contributed by atoms with E-state index in [2.05, 4.69) is 0 Å². The molecule has 1 aliphatic carbocycles. The topological polar surface area (TPSA) is 78.9 Å². The second-order valence-corrected chi connectivity index (χ2v) is 6.17. The van der Waals surface area contributed by atoms with E-state index in [9.17, 15) is 14.4 Å². The van der Waals surface area contributed by atoms with Crippen molar-refractivity contribution in [2.24, 2.45) is 17.3 Å². The van der Waals surface area contributed by atoms with E-state index in [1.807, 2.05) is 13.8 Å². The van der Waals surface area contributed by atoms with E-state index < -0.39 is 28.9 Å². The van der Waals surface area contributed by atoms with E-state index in [1.54, 1.807) is 13.8 Å². The monoisotopic (exact) mass is 298 g/mol. The predicted octanol–water partition coefficient (Wildman–Crippen LogP) is 1.46. The van der Waals surface area contributed by atoms with Crippen LogP contribution in [-0.4, -0.2) is 36.7 Å². The summed E-state index contributed by atoms with van der Waals surface area (Å²) in [5.74, 6) is -2.17. The summed E-state index contributed by atoms with van der Waals surface area (Å²) in [5.41, 5.74) is -2.06. The molecule has 0 aromatic carbocycles. The Morgan fingerprint density at radius 1 is 1.14 bits per heavy atom. The van der Waals surface area contributed by atoms with E-state index >= 15 is 0 Å². The van der Waals surface area contributed by atoms with Crippen LogP contribution in [0.1, 0.15) is 40.5 Å². The van der Waals surface area contributed by atoms with Crippen LogP contribution in [0.5, 0.6) is 0 Å². The summed E-state index contributed by atoms with van der Waals surface area (Å²) in [6, 6.07) is 0. The zero-order chi connectivity index (χ0) is 15.8. The van der Waals surface area contributed by atoms with Crippen LogP contribution in [0.2, 0.25) is 0 Å². The molecule has 2 fully saturated rings. The molecule has 21 heavy (non-hydrogen) atoms. The molecule has 1 aliphatic heterocycles. The molecule has 0 unspecified atom stereocenters. The van der Waals surface area contributed by atoms with Crippen LogP contribution in [-0.2, 0) is 28.6 Å². The summed E-state index contributed by atoms with van der Waals surface area (Å²) in [6.45, 7) is 7.35. The van der Waals surface area contributed by atoms with Crippen molar-refractivity contribution in [1.29, 1.82) is 0 Å². The molecule has 0 aromatic rings. The van der Waals surface area contributed by atoms with Gasteiger partial charge in [-0.1, -0.05) is 0 Å². The number of carbonyl (C=O) groups excluding carboxylic acids is 3. The minimum atomic E-state index is -1.38. The SMILES string of the molecule is CCOC(=O)C1(C(=O)OCC)C[C@@H]2C(=O)OC(C)(C)[C@@H]2C1. The van der Waals surface area contributed by atoms with E-state index in [0.29, 0.717) is 0 Å². The predicted molar refractivity (Wildman–Crippen MR) is 72.1 cm³/mol. The normalized spacial score (nSPS) is 28.7. The highest BCUT2D eigenvalue weighted by Crippen LogP contribution is 2.55. The van der Waals surface area contributed by atoms with E-state index in [1.165, 1.54) is 0 Å². The van der Waals surface area contributed by atoms with Crippen molar-refractivity contribution in [2.75, 3.05) is 13.2 Å². The average molecular weight is 298 g/mol. The Morgan fingerprint density at radius 2 is 1.67 bits per heavy atom. The van der Waals surface area contributed by atoms with Gasteiger partial charge in [-0.05, 0) is 40.5 Å².